The number of hydrogen-bond donors (Lipinski definition) is 0. The number of likely N-dealkylation sites (tertiary alicyclic amines) is 1. The van der Waals surface area contributed by atoms with Crippen LogP contribution in [0.5, 0.6) is 5.75 Å². The van der Waals surface area contributed by atoms with Gasteiger partial charge in [0.1, 0.15) is 5.75 Å². The van der Waals surface area contributed by atoms with Gasteiger partial charge < -0.3 is 9.26 Å². The summed E-state index contributed by atoms with van der Waals surface area (Å²) in [6.45, 7) is 2.19. The summed E-state index contributed by atoms with van der Waals surface area (Å²) in [5, 5.41) is 5.97. The molecule has 136 valence electrons. The minimum atomic E-state index is -4.67. The Balaban J connectivity index is 1.30. The first kappa shape index (κ1) is 17.0. The van der Waals surface area contributed by atoms with E-state index in [1.54, 1.807) is 23.5 Å². The number of alkyl halides is 3. The average Bonchev–Trinajstić information content (AvgIpc) is 3.21. The summed E-state index contributed by atoms with van der Waals surface area (Å²) in [7, 11) is 0. The van der Waals surface area contributed by atoms with Gasteiger partial charge in [-0.15, -0.1) is 24.5 Å². The van der Waals surface area contributed by atoms with Gasteiger partial charge in [0.2, 0.25) is 11.7 Å². The fourth-order valence-corrected chi connectivity index (χ4v) is 3.47. The number of halogens is 3. The fraction of sp³-hybridized carbons (Fsp3) is 0.294. The highest BCUT2D eigenvalue weighted by molar-refractivity contribution is 7.13. The third kappa shape index (κ3) is 3.88. The number of thiophene rings is 1. The van der Waals surface area contributed by atoms with Crippen molar-refractivity contribution in [3.05, 3.63) is 53.2 Å². The molecule has 0 saturated carbocycles. The van der Waals surface area contributed by atoms with Crippen LogP contribution >= 0.6 is 11.3 Å². The number of rotatable bonds is 5. The lowest BCUT2D eigenvalue weighted by Crippen LogP contribution is -2.44. The molecule has 0 unspecified atom stereocenters. The summed E-state index contributed by atoms with van der Waals surface area (Å²) in [4.78, 5) is 7.58. The summed E-state index contributed by atoms with van der Waals surface area (Å²) in [5.74, 6) is 1.20. The molecular weight excluding hydrogens is 367 g/mol. The molecule has 1 aliphatic rings. The van der Waals surface area contributed by atoms with Crippen molar-refractivity contribution < 1.29 is 22.4 Å². The normalized spacial score (nSPS) is 15.8. The number of aromatic nitrogens is 2. The molecule has 0 aliphatic carbocycles. The Morgan fingerprint density at radius 3 is 2.62 bits per heavy atom. The van der Waals surface area contributed by atoms with E-state index in [0.717, 1.165) is 23.5 Å². The average molecular weight is 381 g/mol. The first-order valence-corrected chi connectivity index (χ1v) is 8.79. The van der Waals surface area contributed by atoms with Gasteiger partial charge in [0.25, 0.3) is 0 Å². The van der Waals surface area contributed by atoms with Crippen molar-refractivity contribution in [1.29, 1.82) is 0 Å². The van der Waals surface area contributed by atoms with Gasteiger partial charge in [0, 0.05) is 19.6 Å². The smallest absolute Gasteiger partial charge is 0.406 e. The van der Waals surface area contributed by atoms with E-state index in [2.05, 4.69) is 19.8 Å². The minimum absolute atomic E-state index is 0.184. The molecule has 2 aromatic heterocycles. The van der Waals surface area contributed by atoms with Crippen LogP contribution in [0.1, 0.15) is 17.4 Å². The van der Waals surface area contributed by atoms with Crippen LogP contribution in [-0.4, -0.2) is 34.5 Å². The van der Waals surface area contributed by atoms with Crippen LogP contribution in [0.3, 0.4) is 0 Å². The zero-order valence-electron chi connectivity index (χ0n) is 13.4. The van der Waals surface area contributed by atoms with Gasteiger partial charge >= 0.3 is 6.36 Å². The van der Waals surface area contributed by atoms with Gasteiger partial charge in [-0.1, -0.05) is 23.4 Å². The minimum Gasteiger partial charge on any atom is -0.406 e. The topological polar surface area (TPSA) is 51.4 Å². The molecule has 26 heavy (non-hydrogen) atoms. The molecule has 0 N–H and O–H groups in total. The van der Waals surface area contributed by atoms with E-state index in [1.165, 1.54) is 12.1 Å². The molecule has 9 heteroatoms. The van der Waals surface area contributed by atoms with E-state index in [9.17, 15) is 13.2 Å². The van der Waals surface area contributed by atoms with Gasteiger partial charge in [0.05, 0.1) is 10.8 Å². The summed E-state index contributed by atoms with van der Waals surface area (Å²) in [6, 6.07) is 9.80. The Kier molecular flexibility index (Phi) is 4.41. The molecular formula is C17H14F3N3O2S. The molecule has 0 atom stereocenters. The Bertz CT molecular complexity index is 856. The molecule has 3 heterocycles. The van der Waals surface area contributed by atoms with Gasteiger partial charge in [-0.25, -0.2) is 0 Å². The van der Waals surface area contributed by atoms with Crippen LogP contribution in [0.15, 0.2) is 46.3 Å². The maximum atomic E-state index is 12.2. The van der Waals surface area contributed by atoms with E-state index in [0.29, 0.717) is 18.3 Å². The zero-order valence-corrected chi connectivity index (χ0v) is 14.3. The largest absolute Gasteiger partial charge is 0.573 e. The molecule has 0 spiro atoms. The summed E-state index contributed by atoms with van der Waals surface area (Å²) >= 11 is 1.56. The van der Waals surface area contributed by atoms with Crippen molar-refractivity contribution in [3.63, 3.8) is 0 Å². The van der Waals surface area contributed by atoms with Gasteiger partial charge in [-0.3, -0.25) is 4.90 Å². The Hall–Kier alpha value is -2.39. The van der Waals surface area contributed by atoms with E-state index < -0.39 is 6.36 Å². The first-order valence-electron chi connectivity index (χ1n) is 7.91. The number of nitrogens with zero attached hydrogens (tertiary/aromatic N) is 3. The quantitative estimate of drug-likeness (QED) is 0.660. The van der Waals surface area contributed by atoms with Crippen LogP contribution in [0, 0.1) is 0 Å². The number of benzene rings is 1. The molecule has 0 bridgehead atoms. The van der Waals surface area contributed by atoms with E-state index in [1.807, 2.05) is 17.5 Å². The lowest BCUT2D eigenvalue weighted by molar-refractivity contribution is -0.274. The Morgan fingerprint density at radius 1 is 1.19 bits per heavy atom. The van der Waals surface area contributed by atoms with Crippen molar-refractivity contribution in [2.24, 2.45) is 0 Å². The van der Waals surface area contributed by atoms with Crippen molar-refractivity contribution in [3.8, 4) is 16.5 Å². The molecule has 5 nitrogen and oxygen atoms in total. The third-order valence-electron chi connectivity index (χ3n) is 4.05. The Labute approximate surface area is 151 Å². The molecule has 1 aliphatic heterocycles. The monoisotopic (exact) mass is 381 g/mol. The highest BCUT2D eigenvalue weighted by Gasteiger charge is 2.33. The van der Waals surface area contributed by atoms with Crippen LogP contribution in [0.2, 0.25) is 0 Å². The second-order valence-electron chi connectivity index (χ2n) is 6.02. The van der Waals surface area contributed by atoms with E-state index in [4.69, 9.17) is 4.52 Å². The number of hydrogen-bond acceptors (Lipinski definition) is 6. The lowest BCUT2D eigenvalue weighted by Gasteiger charge is -2.37. The fourth-order valence-electron chi connectivity index (χ4n) is 2.82. The second kappa shape index (κ2) is 6.73. The Morgan fingerprint density at radius 2 is 1.96 bits per heavy atom. The van der Waals surface area contributed by atoms with Gasteiger partial charge in [-0.2, -0.15) is 4.98 Å². The number of ether oxygens (including phenoxy) is 1. The van der Waals surface area contributed by atoms with E-state index in [-0.39, 0.29) is 11.7 Å². The van der Waals surface area contributed by atoms with Crippen molar-refractivity contribution >= 4 is 11.3 Å². The highest BCUT2D eigenvalue weighted by Crippen LogP contribution is 2.30. The molecule has 4 rings (SSSR count). The molecule has 1 fully saturated rings. The summed E-state index contributed by atoms with van der Waals surface area (Å²) < 4.78 is 45.7. The molecule has 3 aromatic rings. The van der Waals surface area contributed by atoms with Crippen molar-refractivity contribution in [2.45, 2.75) is 18.8 Å². The molecule has 0 amide bonds. The molecule has 0 radical (unpaired) electrons. The van der Waals surface area contributed by atoms with Gasteiger partial charge in [-0.05, 0) is 29.1 Å². The van der Waals surface area contributed by atoms with E-state index >= 15 is 0 Å². The summed E-state index contributed by atoms with van der Waals surface area (Å²) in [5.41, 5.74) is 0.919. The lowest BCUT2D eigenvalue weighted by atomic mass is 9.99. The van der Waals surface area contributed by atoms with Gasteiger partial charge in [0.15, 0.2) is 0 Å². The predicted octanol–water partition coefficient (Wildman–Crippen LogP) is 4.30. The first-order chi connectivity index (χ1) is 12.5. The SMILES string of the molecule is FC(F)(F)Oc1ccc(CN2CC(c3nc(-c4cccs4)no3)C2)cc1. The molecule has 1 saturated heterocycles. The second-order valence-corrected chi connectivity index (χ2v) is 6.96. The van der Waals surface area contributed by atoms with Crippen molar-refractivity contribution in [2.75, 3.05) is 13.1 Å². The molecule has 1 aromatic carbocycles. The predicted molar refractivity (Wildman–Crippen MR) is 88.8 cm³/mol. The van der Waals surface area contributed by atoms with Crippen LogP contribution in [-0.2, 0) is 6.54 Å². The zero-order chi connectivity index (χ0) is 18.1. The maximum absolute atomic E-state index is 12.2. The summed E-state index contributed by atoms with van der Waals surface area (Å²) in [6.07, 6.45) is -4.67. The van der Waals surface area contributed by atoms with Crippen LogP contribution in [0.4, 0.5) is 13.2 Å². The van der Waals surface area contributed by atoms with Crippen molar-refractivity contribution in [1.82, 2.24) is 15.0 Å². The van der Waals surface area contributed by atoms with Crippen LogP contribution in [0.25, 0.3) is 10.7 Å². The standard InChI is InChI=1S/C17H14F3N3O2S/c18-17(19,20)24-13-5-3-11(4-6-13)8-23-9-12(10-23)16-21-15(22-25-16)14-2-1-7-26-14/h1-7,12H,8-10H2. The van der Waals surface area contributed by atoms with Crippen LogP contribution < -0.4 is 4.74 Å². The highest BCUT2D eigenvalue weighted by atomic mass is 32.1. The third-order valence-corrected chi connectivity index (χ3v) is 4.92. The maximum Gasteiger partial charge on any atom is 0.573 e.